The van der Waals surface area contributed by atoms with Crippen LogP contribution in [0.4, 0.5) is 10.2 Å². The number of likely N-dealkylation sites (tertiary alicyclic amines) is 1. The van der Waals surface area contributed by atoms with Crippen LogP contribution in [-0.4, -0.2) is 38.8 Å². The average molecular weight is 353 g/mol. The molecule has 1 fully saturated rings. The number of benzene rings is 1. The lowest BCUT2D eigenvalue weighted by atomic mass is 9.93. The quantitative estimate of drug-likeness (QED) is 0.758. The summed E-state index contributed by atoms with van der Waals surface area (Å²) in [6.45, 7) is 1.37. The number of nitrogens with one attached hydrogen (secondary N) is 1. The number of aromatic amines is 1. The summed E-state index contributed by atoms with van der Waals surface area (Å²) in [4.78, 5) is 26.1. The van der Waals surface area contributed by atoms with Gasteiger partial charge in [-0.25, -0.2) is 9.37 Å². The van der Waals surface area contributed by atoms with Crippen LogP contribution in [0.15, 0.2) is 36.7 Å². The maximum absolute atomic E-state index is 13.4. The number of nitrogens with zero attached hydrogens (tertiary/aromatic N) is 3. The van der Waals surface area contributed by atoms with E-state index >= 15 is 0 Å². The van der Waals surface area contributed by atoms with Crippen LogP contribution < -0.4 is 5.73 Å². The molecule has 7 heteroatoms. The highest BCUT2D eigenvalue weighted by Gasteiger charge is 2.26. The number of hydrogen-bond donors (Lipinski definition) is 2. The van der Waals surface area contributed by atoms with Gasteiger partial charge >= 0.3 is 0 Å². The third-order valence-electron chi connectivity index (χ3n) is 4.91. The summed E-state index contributed by atoms with van der Waals surface area (Å²) >= 11 is 0. The molecule has 0 bridgehead atoms. The molecule has 1 atom stereocenters. The molecule has 1 saturated heterocycles. The number of carbonyl (C=O) groups excluding carboxylic acids is 1. The predicted octanol–water partition coefficient (Wildman–Crippen LogP) is 2.77. The zero-order chi connectivity index (χ0) is 18.1. The number of aromatic nitrogens is 3. The lowest BCUT2D eigenvalue weighted by molar-refractivity contribution is 0.0668. The Labute approximate surface area is 150 Å². The minimum Gasteiger partial charge on any atom is -0.382 e. The van der Waals surface area contributed by atoms with E-state index in [4.69, 9.17) is 5.73 Å². The molecule has 0 aliphatic carbocycles. The first-order valence-electron chi connectivity index (χ1n) is 8.73. The van der Waals surface area contributed by atoms with Crippen LogP contribution in [0, 0.1) is 11.7 Å². The van der Waals surface area contributed by atoms with Crippen molar-refractivity contribution in [2.45, 2.75) is 19.3 Å². The van der Waals surface area contributed by atoms with Gasteiger partial charge < -0.3 is 15.6 Å². The molecule has 0 saturated carbocycles. The number of nitrogens with two attached hydrogens (primary N) is 1. The molecule has 3 aromatic rings. The van der Waals surface area contributed by atoms with Gasteiger partial charge in [0.25, 0.3) is 5.91 Å². The average Bonchev–Trinajstić information content (AvgIpc) is 3.06. The Bertz CT molecular complexity index is 954. The second-order valence-corrected chi connectivity index (χ2v) is 6.77. The summed E-state index contributed by atoms with van der Waals surface area (Å²) in [7, 11) is 0. The van der Waals surface area contributed by atoms with Crippen molar-refractivity contribution in [2.24, 2.45) is 5.92 Å². The van der Waals surface area contributed by atoms with E-state index < -0.39 is 0 Å². The number of nitrogen functional groups attached to an aromatic ring is 1. The van der Waals surface area contributed by atoms with Gasteiger partial charge in [-0.05, 0) is 49.4 Å². The Kier molecular flexibility index (Phi) is 4.28. The third kappa shape index (κ3) is 3.24. The Balaban J connectivity index is 1.49. The van der Waals surface area contributed by atoms with Gasteiger partial charge in [0.05, 0.1) is 5.69 Å². The highest BCUT2D eigenvalue weighted by Crippen LogP contribution is 2.24. The number of fused-ring (bicyclic) bond motifs is 1. The molecular formula is C19H20FN5O. The maximum atomic E-state index is 13.4. The van der Waals surface area contributed by atoms with Gasteiger partial charge in [-0.2, -0.15) is 0 Å². The van der Waals surface area contributed by atoms with Gasteiger partial charge in [-0.15, -0.1) is 0 Å². The Morgan fingerprint density at radius 3 is 3.00 bits per heavy atom. The van der Waals surface area contributed by atoms with E-state index in [9.17, 15) is 9.18 Å². The Morgan fingerprint density at radius 2 is 2.15 bits per heavy atom. The molecule has 1 aliphatic rings. The number of rotatable bonds is 3. The molecule has 1 unspecified atom stereocenters. The molecule has 6 nitrogen and oxygen atoms in total. The van der Waals surface area contributed by atoms with Crippen LogP contribution >= 0.6 is 0 Å². The van der Waals surface area contributed by atoms with E-state index in [1.54, 1.807) is 24.5 Å². The fraction of sp³-hybridized carbons (Fsp3) is 0.316. The summed E-state index contributed by atoms with van der Waals surface area (Å²) in [6.07, 6.45) is 5.89. The van der Waals surface area contributed by atoms with Crippen LogP contribution in [0.1, 0.15) is 29.0 Å². The first-order valence-corrected chi connectivity index (χ1v) is 8.73. The van der Waals surface area contributed by atoms with Crippen LogP contribution in [0.2, 0.25) is 0 Å². The Hall–Kier alpha value is -2.96. The summed E-state index contributed by atoms with van der Waals surface area (Å²) in [5, 5.41) is 0.829. The van der Waals surface area contributed by atoms with Crippen molar-refractivity contribution < 1.29 is 9.18 Å². The number of carbonyl (C=O) groups is 1. The van der Waals surface area contributed by atoms with Crippen molar-refractivity contribution in [1.82, 2.24) is 19.9 Å². The SMILES string of the molecule is Nc1nccnc1CC1CCCN(C(=O)c2cc3ccc(F)cc3[nH]2)C1. The lowest BCUT2D eigenvalue weighted by Gasteiger charge is -2.32. The molecule has 134 valence electrons. The largest absolute Gasteiger partial charge is 0.382 e. The zero-order valence-corrected chi connectivity index (χ0v) is 14.3. The highest BCUT2D eigenvalue weighted by atomic mass is 19.1. The van der Waals surface area contributed by atoms with Gasteiger partial charge in [0.1, 0.15) is 17.3 Å². The zero-order valence-electron chi connectivity index (χ0n) is 14.3. The minimum atomic E-state index is -0.321. The second kappa shape index (κ2) is 6.74. The summed E-state index contributed by atoms with van der Waals surface area (Å²) in [6, 6.07) is 6.25. The summed E-state index contributed by atoms with van der Waals surface area (Å²) < 4.78 is 13.4. The fourth-order valence-electron chi connectivity index (χ4n) is 3.61. The van der Waals surface area contributed by atoms with E-state index in [2.05, 4.69) is 15.0 Å². The summed E-state index contributed by atoms with van der Waals surface area (Å²) in [5.74, 6) is 0.374. The van der Waals surface area contributed by atoms with Gasteiger partial charge in [0.2, 0.25) is 0 Å². The van der Waals surface area contributed by atoms with Gasteiger partial charge in [-0.3, -0.25) is 9.78 Å². The Morgan fingerprint density at radius 1 is 1.31 bits per heavy atom. The van der Waals surface area contributed by atoms with E-state index in [0.29, 0.717) is 35.9 Å². The molecule has 0 spiro atoms. The van der Waals surface area contributed by atoms with E-state index in [1.807, 2.05) is 4.90 Å². The third-order valence-corrected chi connectivity index (χ3v) is 4.91. The van der Waals surface area contributed by atoms with Crippen molar-refractivity contribution in [1.29, 1.82) is 0 Å². The fourth-order valence-corrected chi connectivity index (χ4v) is 3.61. The number of hydrogen-bond acceptors (Lipinski definition) is 4. The topological polar surface area (TPSA) is 87.9 Å². The van der Waals surface area contributed by atoms with Crippen molar-refractivity contribution in [3.63, 3.8) is 0 Å². The maximum Gasteiger partial charge on any atom is 0.270 e. The van der Waals surface area contributed by atoms with Gasteiger partial charge in [0, 0.05) is 36.4 Å². The first-order chi connectivity index (χ1) is 12.6. The molecular weight excluding hydrogens is 333 g/mol. The number of anilines is 1. The number of halogens is 1. The molecule has 1 aliphatic heterocycles. The number of piperidine rings is 1. The first kappa shape index (κ1) is 16.5. The van der Waals surface area contributed by atoms with Gasteiger partial charge in [0.15, 0.2) is 0 Å². The van der Waals surface area contributed by atoms with Crippen molar-refractivity contribution in [2.75, 3.05) is 18.8 Å². The van der Waals surface area contributed by atoms with Crippen LogP contribution in [-0.2, 0) is 6.42 Å². The van der Waals surface area contributed by atoms with Gasteiger partial charge in [-0.1, -0.05) is 0 Å². The molecule has 1 aromatic carbocycles. The smallest absolute Gasteiger partial charge is 0.270 e. The molecule has 2 aromatic heterocycles. The molecule has 0 radical (unpaired) electrons. The standard InChI is InChI=1S/C19H20FN5O/c20-14-4-3-13-9-17(24-15(13)10-14)19(26)25-7-1-2-12(11-25)8-16-18(21)23-6-5-22-16/h3-6,9-10,12,24H,1-2,7-8,11H2,(H2,21,23). The van der Waals surface area contributed by atoms with E-state index in [-0.39, 0.29) is 11.7 Å². The highest BCUT2D eigenvalue weighted by molar-refractivity contribution is 5.98. The minimum absolute atomic E-state index is 0.0570. The number of H-pyrrole nitrogens is 1. The number of amides is 1. The molecule has 4 rings (SSSR count). The van der Waals surface area contributed by atoms with Crippen molar-refractivity contribution in [3.8, 4) is 0 Å². The summed E-state index contributed by atoms with van der Waals surface area (Å²) in [5.41, 5.74) is 7.80. The van der Waals surface area contributed by atoms with Crippen LogP contribution in [0.25, 0.3) is 10.9 Å². The van der Waals surface area contributed by atoms with E-state index in [1.165, 1.54) is 12.1 Å². The lowest BCUT2D eigenvalue weighted by Crippen LogP contribution is -2.40. The van der Waals surface area contributed by atoms with E-state index in [0.717, 1.165) is 30.5 Å². The van der Waals surface area contributed by atoms with Crippen LogP contribution in [0.5, 0.6) is 0 Å². The molecule has 26 heavy (non-hydrogen) atoms. The van der Waals surface area contributed by atoms with Crippen molar-refractivity contribution in [3.05, 3.63) is 53.9 Å². The molecule has 3 heterocycles. The monoisotopic (exact) mass is 353 g/mol. The van der Waals surface area contributed by atoms with Crippen LogP contribution in [0.3, 0.4) is 0 Å². The predicted molar refractivity (Wildman–Crippen MR) is 97.0 cm³/mol. The second-order valence-electron chi connectivity index (χ2n) is 6.77. The van der Waals surface area contributed by atoms with Crippen molar-refractivity contribution >= 4 is 22.6 Å². The molecule has 1 amide bonds. The normalized spacial score (nSPS) is 17.6. The molecule has 3 N–H and O–H groups in total.